The molecule has 21 heavy (non-hydrogen) atoms. The van der Waals surface area contributed by atoms with Crippen molar-refractivity contribution in [2.75, 3.05) is 23.7 Å². The lowest BCUT2D eigenvalue weighted by molar-refractivity contribution is 0.1000. The number of amides is 1. The van der Waals surface area contributed by atoms with Crippen LogP contribution in [0, 0.1) is 0 Å². The first kappa shape index (κ1) is 13.4. The Balaban J connectivity index is 1.64. The Morgan fingerprint density at radius 3 is 2.52 bits per heavy atom. The molecule has 7 nitrogen and oxygen atoms in total. The molecule has 0 unspecified atom stereocenters. The van der Waals surface area contributed by atoms with E-state index >= 15 is 0 Å². The largest absolute Gasteiger partial charge is 0.382 e. The second-order valence-electron chi connectivity index (χ2n) is 5.21. The normalized spacial score (nSPS) is 16.1. The molecule has 1 aliphatic heterocycles. The Hall–Kier alpha value is -2.57. The van der Waals surface area contributed by atoms with Crippen molar-refractivity contribution in [3.63, 3.8) is 0 Å². The van der Waals surface area contributed by atoms with Gasteiger partial charge in [-0.25, -0.2) is 4.98 Å². The van der Waals surface area contributed by atoms with E-state index in [4.69, 9.17) is 11.5 Å². The van der Waals surface area contributed by atoms with Gasteiger partial charge in [0.05, 0.1) is 11.6 Å². The maximum Gasteiger partial charge on any atom is 0.250 e. The summed E-state index contributed by atoms with van der Waals surface area (Å²) in [6.07, 6.45) is 5.42. The topological polar surface area (TPSA) is 103 Å². The maximum absolute atomic E-state index is 11.0. The summed E-state index contributed by atoms with van der Waals surface area (Å²) < 4.78 is 1.94. The van der Waals surface area contributed by atoms with Crippen LogP contribution >= 0.6 is 0 Å². The number of nitrogens with two attached hydrogens (primary N) is 2. The van der Waals surface area contributed by atoms with Gasteiger partial charge in [-0.15, -0.1) is 0 Å². The summed E-state index contributed by atoms with van der Waals surface area (Å²) in [6.45, 7) is 1.79. The van der Waals surface area contributed by atoms with E-state index in [0.29, 0.717) is 17.4 Å². The number of carbonyl (C=O) groups excluding carboxylic acids is 1. The fraction of sp³-hybridized carbons (Fsp3) is 0.357. The zero-order valence-corrected chi connectivity index (χ0v) is 11.6. The summed E-state index contributed by atoms with van der Waals surface area (Å²) in [6, 6.07) is 5.75. The van der Waals surface area contributed by atoms with Gasteiger partial charge in [-0.3, -0.25) is 9.48 Å². The second kappa shape index (κ2) is 5.43. The molecule has 0 atom stereocenters. The van der Waals surface area contributed by atoms with Crippen molar-refractivity contribution in [3.8, 4) is 0 Å². The Morgan fingerprint density at radius 1 is 1.24 bits per heavy atom. The van der Waals surface area contributed by atoms with Crippen molar-refractivity contribution < 1.29 is 4.79 Å². The van der Waals surface area contributed by atoms with Crippen LogP contribution in [0.4, 0.5) is 11.6 Å². The predicted octanol–water partition coefficient (Wildman–Crippen LogP) is 0.801. The maximum atomic E-state index is 11.0. The second-order valence-corrected chi connectivity index (χ2v) is 5.21. The van der Waals surface area contributed by atoms with Crippen molar-refractivity contribution in [2.45, 2.75) is 18.9 Å². The molecule has 1 saturated heterocycles. The highest BCUT2D eigenvalue weighted by atomic mass is 16.1. The molecule has 0 saturated carbocycles. The molecule has 1 aliphatic rings. The van der Waals surface area contributed by atoms with Gasteiger partial charge in [0.2, 0.25) is 5.91 Å². The first-order valence-electron chi connectivity index (χ1n) is 6.95. The van der Waals surface area contributed by atoms with Crippen molar-refractivity contribution in [2.24, 2.45) is 5.73 Å². The van der Waals surface area contributed by atoms with Gasteiger partial charge in [-0.2, -0.15) is 5.10 Å². The highest BCUT2D eigenvalue weighted by Gasteiger charge is 2.22. The Morgan fingerprint density at radius 2 is 2.00 bits per heavy atom. The van der Waals surface area contributed by atoms with E-state index in [1.807, 2.05) is 23.0 Å². The minimum Gasteiger partial charge on any atom is -0.382 e. The highest BCUT2D eigenvalue weighted by Crippen LogP contribution is 2.25. The summed E-state index contributed by atoms with van der Waals surface area (Å²) in [5.41, 5.74) is 11.3. The minimum atomic E-state index is -0.455. The van der Waals surface area contributed by atoms with Crippen LogP contribution in [0.3, 0.4) is 0 Å². The lowest BCUT2D eigenvalue weighted by Crippen LogP contribution is -2.35. The number of anilines is 2. The van der Waals surface area contributed by atoms with Gasteiger partial charge in [0, 0.05) is 25.5 Å². The SMILES string of the molecule is NC(=O)c1ccc(N2CCC(n3ccc(N)n3)CC2)nc1. The molecule has 2 aromatic heterocycles. The van der Waals surface area contributed by atoms with Gasteiger partial charge in [-0.1, -0.05) is 0 Å². The van der Waals surface area contributed by atoms with Gasteiger partial charge in [0.1, 0.15) is 11.6 Å². The third-order valence-corrected chi connectivity index (χ3v) is 3.82. The number of piperidine rings is 1. The predicted molar refractivity (Wildman–Crippen MR) is 79.9 cm³/mol. The molecule has 110 valence electrons. The summed E-state index contributed by atoms with van der Waals surface area (Å²) in [5, 5.41) is 4.27. The molecule has 0 radical (unpaired) electrons. The fourth-order valence-electron chi connectivity index (χ4n) is 2.63. The molecular weight excluding hydrogens is 268 g/mol. The van der Waals surface area contributed by atoms with Crippen LogP contribution in [0.25, 0.3) is 0 Å². The van der Waals surface area contributed by atoms with E-state index in [2.05, 4.69) is 15.0 Å². The monoisotopic (exact) mass is 286 g/mol. The van der Waals surface area contributed by atoms with E-state index in [1.54, 1.807) is 6.07 Å². The van der Waals surface area contributed by atoms with Gasteiger partial charge in [0.25, 0.3) is 0 Å². The van der Waals surface area contributed by atoms with Crippen LogP contribution in [0.15, 0.2) is 30.6 Å². The zero-order valence-electron chi connectivity index (χ0n) is 11.6. The molecule has 1 amide bonds. The van der Waals surface area contributed by atoms with Crippen LogP contribution < -0.4 is 16.4 Å². The van der Waals surface area contributed by atoms with E-state index in [0.717, 1.165) is 31.7 Å². The van der Waals surface area contributed by atoms with Gasteiger partial charge < -0.3 is 16.4 Å². The summed E-state index contributed by atoms with van der Waals surface area (Å²) >= 11 is 0. The van der Waals surface area contributed by atoms with Crippen LogP contribution in [0.5, 0.6) is 0 Å². The van der Waals surface area contributed by atoms with Gasteiger partial charge in [-0.05, 0) is 31.0 Å². The number of nitrogens with zero attached hydrogens (tertiary/aromatic N) is 4. The Labute approximate surface area is 122 Å². The number of hydrogen-bond donors (Lipinski definition) is 2. The number of pyridine rings is 1. The third-order valence-electron chi connectivity index (χ3n) is 3.82. The first-order valence-corrected chi connectivity index (χ1v) is 6.95. The number of rotatable bonds is 3. The first-order chi connectivity index (χ1) is 10.1. The Kier molecular flexibility index (Phi) is 3.47. The molecule has 0 aromatic carbocycles. The van der Waals surface area contributed by atoms with Crippen molar-refractivity contribution in [1.82, 2.24) is 14.8 Å². The minimum absolute atomic E-state index is 0.378. The number of aromatic nitrogens is 3. The Bertz CT molecular complexity index is 627. The van der Waals surface area contributed by atoms with Crippen molar-refractivity contribution in [1.29, 1.82) is 0 Å². The smallest absolute Gasteiger partial charge is 0.250 e. The molecule has 0 bridgehead atoms. The summed E-state index contributed by atoms with van der Waals surface area (Å²) in [7, 11) is 0. The average Bonchev–Trinajstić information content (AvgIpc) is 2.94. The van der Waals surface area contributed by atoms with E-state index in [1.165, 1.54) is 6.20 Å². The fourth-order valence-corrected chi connectivity index (χ4v) is 2.63. The molecule has 7 heteroatoms. The summed E-state index contributed by atoms with van der Waals surface area (Å²) in [5.74, 6) is 0.976. The van der Waals surface area contributed by atoms with Gasteiger partial charge in [0.15, 0.2) is 0 Å². The molecule has 3 heterocycles. The molecule has 3 rings (SSSR count). The van der Waals surface area contributed by atoms with E-state index in [9.17, 15) is 4.79 Å². The number of hydrogen-bond acceptors (Lipinski definition) is 5. The third kappa shape index (κ3) is 2.81. The number of carbonyl (C=O) groups is 1. The number of nitrogen functional groups attached to an aromatic ring is 1. The standard InChI is InChI=1S/C14H18N6O/c15-12-5-8-20(18-12)11-3-6-19(7-4-11)13-2-1-10(9-17-13)14(16)21/h1-2,5,8-9,11H,3-4,6-7H2,(H2,15,18)(H2,16,21). The lowest BCUT2D eigenvalue weighted by atomic mass is 10.1. The quantitative estimate of drug-likeness (QED) is 0.868. The van der Waals surface area contributed by atoms with E-state index < -0.39 is 5.91 Å². The van der Waals surface area contributed by atoms with Crippen LogP contribution in [-0.2, 0) is 0 Å². The van der Waals surface area contributed by atoms with Crippen molar-refractivity contribution >= 4 is 17.5 Å². The molecular formula is C14H18N6O. The zero-order chi connectivity index (χ0) is 14.8. The van der Waals surface area contributed by atoms with Gasteiger partial charge >= 0.3 is 0 Å². The lowest BCUT2D eigenvalue weighted by Gasteiger charge is -2.32. The van der Waals surface area contributed by atoms with Crippen LogP contribution in [-0.4, -0.2) is 33.8 Å². The molecule has 4 N–H and O–H groups in total. The van der Waals surface area contributed by atoms with E-state index in [-0.39, 0.29) is 0 Å². The summed E-state index contributed by atoms with van der Waals surface area (Å²) in [4.78, 5) is 17.5. The highest BCUT2D eigenvalue weighted by molar-refractivity contribution is 5.92. The molecule has 1 fully saturated rings. The molecule has 0 aliphatic carbocycles. The number of primary amides is 1. The van der Waals surface area contributed by atoms with Crippen LogP contribution in [0.2, 0.25) is 0 Å². The molecule has 0 spiro atoms. The van der Waals surface area contributed by atoms with Crippen LogP contribution in [0.1, 0.15) is 29.2 Å². The molecule has 2 aromatic rings. The van der Waals surface area contributed by atoms with Crippen molar-refractivity contribution in [3.05, 3.63) is 36.2 Å². The average molecular weight is 286 g/mol.